The predicted octanol–water partition coefficient (Wildman–Crippen LogP) is -2.75. The second kappa shape index (κ2) is 5.65. The molecule has 1 aliphatic rings. The summed E-state index contributed by atoms with van der Waals surface area (Å²) in [5, 5.41) is 3.25. The molecule has 0 amide bonds. The van der Waals surface area contributed by atoms with E-state index in [0.29, 0.717) is 12.3 Å². The molecule has 0 radical (unpaired) electrons. The summed E-state index contributed by atoms with van der Waals surface area (Å²) in [5.41, 5.74) is 2.39. The molecule has 1 aromatic heterocycles. The number of aryl methyl sites for hydroxylation is 1. The van der Waals surface area contributed by atoms with Gasteiger partial charge in [0.1, 0.15) is 11.4 Å². The molecular weight excluding hydrogens is 238 g/mol. The minimum absolute atomic E-state index is 0. The molecule has 0 aliphatic carbocycles. The molecule has 0 bridgehead atoms. The van der Waals surface area contributed by atoms with Crippen LogP contribution in [0.5, 0.6) is 0 Å². The number of hydrogen-bond acceptors (Lipinski definition) is 2. The monoisotopic (exact) mass is 257 g/mol. The molecule has 0 saturated carbocycles. The first-order chi connectivity index (χ1) is 7.59. The van der Waals surface area contributed by atoms with Crippen LogP contribution < -0.4 is 22.3 Å². The van der Waals surface area contributed by atoms with Crippen molar-refractivity contribution in [2.75, 3.05) is 6.54 Å². The minimum atomic E-state index is 0. The fourth-order valence-electron chi connectivity index (χ4n) is 2.24. The minimum Gasteiger partial charge on any atom is -1.00 e. The fourth-order valence-corrected chi connectivity index (χ4v) is 2.24. The molecule has 1 fully saturated rings. The van der Waals surface area contributed by atoms with Gasteiger partial charge in [0.2, 0.25) is 6.33 Å². The Morgan fingerprint density at radius 2 is 2.29 bits per heavy atom. The van der Waals surface area contributed by atoms with E-state index in [2.05, 4.69) is 23.7 Å². The molecule has 1 N–H and O–H groups in total. The van der Waals surface area contributed by atoms with Crippen LogP contribution in [0, 0.1) is 13.8 Å². The number of rotatable bonds is 3. The third-order valence-electron chi connectivity index (χ3n) is 3.57. The fraction of sp³-hybridized carbons (Fsp3) is 0.667. The summed E-state index contributed by atoms with van der Waals surface area (Å²) in [6.45, 7) is 5.61. The smallest absolute Gasteiger partial charge is 0.244 e. The number of carbonyl (C=O) groups excluding carboxylic acids is 1. The number of hydrogen-bond donors (Lipinski definition) is 1. The van der Waals surface area contributed by atoms with Gasteiger partial charge >= 0.3 is 0 Å². The molecule has 0 spiro atoms. The van der Waals surface area contributed by atoms with Crippen molar-refractivity contribution in [3.63, 3.8) is 0 Å². The van der Waals surface area contributed by atoms with Crippen molar-refractivity contribution >= 4 is 5.78 Å². The summed E-state index contributed by atoms with van der Waals surface area (Å²) in [6, 6.07) is 0.0763. The number of carbonyl (C=O) groups is 1. The Bertz CT molecular complexity index is 408. The van der Waals surface area contributed by atoms with Crippen LogP contribution in [0.15, 0.2) is 6.33 Å². The number of Topliss-reactive ketones (excluding diaryl/α,β-unsaturated/α-hetero) is 1. The average Bonchev–Trinajstić information content (AvgIpc) is 2.85. The first kappa shape index (κ1) is 14.2. The molecule has 2 heterocycles. The second-order valence-electron chi connectivity index (χ2n) is 4.64. The van der Waals surface area contributed by atoms with Crippen molar-refractivity contribution in [3.8, 4) is 0 Å². The molecule has 1 atom stereocenters. The van der Waals surface area contributed by atoms with Crippen LogP contribution in [0.25, 0.3) is 0 Å². The highest BCUT2D eigenvalue weighted by Crippen LogP contribution is 2.09. The van der Waals surface area contributed by atoms with Crippen LogP contribution in [0.3, 0.4) is 0 Å². The normalized spacial score (nSPS) is 19.1. The van der Waals surface area contributed by atoms with E-state index in [0.717, 1.165) is 19.4 Å². The average molecular weight is 258 g/mol. The molecule has 2 rings (SSSR count). The van der Waals surface area contributed by atoms with Gasteiger partial charge in [-0.1, -0.05) is 0 Å². The Kier molecular flexibility index (Phi) is 4.71. The summed E-state index contributed by atoms with van der Waals surface area (Å²) < 4.78 is 4.10. The summed E-state index contributed by atoms with van der Waals surface area (Å²) in [7, 11) is 2.01. The lowest BCUT2D eigenvalue weighted by Gasteiger charge is -2.06. The lowest BCUT2D eigenvalue weighted by molar-refractivity contribution is -0.677. The van der Waals surface area contributed by atoms with Crippen molar-refractivity contribution in [2.45, 2.75) is 39.3 Å². The first-order valence-electron chi connectivity index (χ1n) is 5.87. The Balaban J connectivity index is 0.00000144. The van der Waals surface area contributed by atoms with Gasteiger partial charge in [-0.15, -0.1) is 0 Å². The molecule has 1 saturated heterocycles. The van der Waals surface area contributed by atoms with Crippen molar-refractivity contribution in [1.29, 1.82) is 0 Å². The van der Waals surface area contributed by atoms with Crippen LogP contribution in [0.4, 0.5) is 0 Å². The van der Waals surface area contributed by atoms with Gasteiger partial charge in [0.25, 0.3) is 0 Å². The van der Waals surface area contributed by atoms with E-state index in [9.17, 15) is 4.79 Å². The lowest BCUT2D eigenvalue weighted by atomic mass is 10.1. The highest BCUT2D eigenvalue weighted by Gasteiger charge is 2.25. The second-order valence-corrected chi connectivity index (χ2v) is 4.64. The van der Waals surface area contributed by atoms with Crippen LogP contribution in [-0.4, -0.2) is 22.9 Å². The Morgan fingerprint density at radius 1 is 1.59 bits per heavy atom. The Hall–Kier alpha value is -0.870. The van der Waals surface area contributed by atoms with Gasteiger partial charge in [0.05, 0.1) is 13.1 Å². The zero-order valence-corrected chi connectivity index (χ0v) is 11.4. The maximum atomic E-state index is 12.0. The highest BCUT2D eigenvalue weighted by molar-refractivity contribution is 5.84. The summed E-state index contributed by atoms with van der Waals surface area (Å²) in [4.78, 5) is 12.0. The van der Waals surface area contributed by atoms with Crippen molar-refractivity contribution in [3.05, 3.63) is 17.7 Å². The number of aromatic nitrogens is 2. The Labute approximate surface area is 108 Å². The maximum Gasteiger partial charge on any atom is 0.244 e. The zero-order chi connectivity index (χ0) is 11.7. The zero-order valence-electron chi connectivity index (χ0n) is 10.7. The SMILES string of the molecule is Cc1c(C)[n+](C)cn1CC(=O)C1CCCN1.[Cl-]. The molecule has 1 unspecified atom stereocenters. The molecule has 96 valence electrons. The van der Waals surface area contributed by atoms with E-state index in [1.165, 1.54) is 11.4 Å². The molecule has 4 nitrogen and oxygen atoms in total. The maximum absolute atomic E-state index is 12.0. The summed E-state index contributed by atoms with van der Waals surface area (Å²) in [5.74, 6) is 0.302. The Morgan fingerprint density at radius 3 is 2.76 bits per heavy atom. The summed E-state index contributed by atoms with van der Waals surface area (Å²) >= 11 is 0. The van der Waals surface area contributed by atoms with Gasteiger partial charge < -0.3 is 17.7 Å². The van der Waals surface area contributed by atoms with Gasteiger partial charge in [-0.3, -0.25) is 4.79 Å². The topological polar surface area (TPSA) is 37.9 Å². The van der Waals surface area contributed by atoms with Crippen LogP contribution in [-0.2, 0) is 18.4 Å². The van der Waals surface area contributed by atoms with Crippen LogP contribution >= 0.6 is 0 Å². The van der Waals surface area contributed by atoms with Crippen molar-refractivity contribution < 1.29 is 21.8 Å². The molecule has 1 aromatic rings. The van der Waals surface area contributed by atoms with E-state index in [1.807, 2.05) is 17.9 Å². The predicted molar refractivity (Wildman–Crippen MR) is 61.1 cm³/mol. The number of imidazole rings is 1. The number of halogens is 1. The van der Waals surface area contributed by atoms with Gasteiger partial charge in [-0.05, 0) is 19.4 Å². The summed E-state index contributed by atoms with van der Waals surface area (Å²) in [6.07, 6.45) is 4.11. The van der Waals surface area contributed by atoms with E-state index in [4.69, 9.17) is 0 Å². The third kappa shape index (κ3) is 2.87. The van der Waals surface area contributed by atoms with E-state index in [1.54, 1.807) is 0 Å². The number of nitrogens with zero attached hydrogens (tertiary/aromatic N) is 2. The van der Waals surface area contributed by atoms with Gasteiger partial charge in [-0.25, -0.2) is 9.13 Å². The van der Waals surface area contributed by atoms with Gasteiger partial charge in [-0.2, -0.15) is 0 Å². The lowest BCUT2D eigenvalue weighted by Crippen LogP contribution is -3.00. The number of ketones is 1. The van der Waals surface area contributed by atoms with Crippen molar-refractivity contribution in [2.24, 2.45) is 7.05 Å². The molecule has 17 heavy (non-hydrogen) atoms. The first-order valence-corrected chi connectivity index (χ1v) is 5.87. The standard InChI is InChI=1S/C12H20N3O.ClH/c1-9-10(2)15(8-14(9)3)7-12(16)11-5-4-6-13-11;/h8,11,13H,4-7H2,1-3H3;1H/q+1;/p-1. The van der Waals surface area contributed by atoms with E-state index >= 15 is 0 Å². The quantitative estimate of drug-likeness (QED) is 0.597. The van der Waals surface area contributed by atoms with Crippen LogP contribution in [0.2, 0.25) is 0 Å². The van der Waals surface area contributed by atoms with Gasteiger partial charge in [0.15, 0.2) is 12.3 Å². The molecular formula is C12H20ClN3O. The highest BCUT2D eigenvalue weighted by atomic mass is 35.5. The molecule has 1 aliphatic heterocycles. The molecule has 5 heteroatoms. The van der Waals surface area contributed by atoms with E-state index in [-0.39, 0.29) is 18.4 Å². The van der Waals surface area contributed by atoms with Crippen molar-refractivity contribution in [1.82, 2.24) is 9.88 Å². The van der Waals surface area contributed by atoms with Gasteiger partial charge in [0, 0.05) is 13.8 Å². The van der Waals surface area contributed by atoms with E-state index < -0.39 is 0 Å². The number of nitrogens with one attached hydrogen (secondary N) is 1. The third-order valence-corrected chi connectivity index (χ3v) is 3.57. The van der Waals surface area contributed by atoms with Crippen LogP contribution in [0.1, 0.15) is 24.2 Å². The largest absolute Gasteiger partial charge is 1.00 e. The molecule has 0 aromatic carbocycles.